The van der Waals surface area contributed by atoms with Crippen LogP contribution in [-0.2, 0) is 4.74 Å². The van der Waals surface area contributed by atoms with Crippen LogP contribution in [0.2, 0.25) is 5.02 Å². The lowest BCUT2D eigenvalue weighted by Crippen LogP contribution is -2.20. The number of benzene rings is 2. The molecular formula is C24H27ClN2O5. The minimum atomic E-state index is -0.379. The number of carbonyl (C=O) groups excluding carboxylic acids is 1. The quantitative estimate of drug-likeness (QED) is 0.377. The van der Waals surface area contributed by atoms with Gasteiger partial charge in [-0.15, -0.1) is 0 Å². The summed E-state index contributed by atoms with van der Waals surface area (Å²) in [5, 5.41) is 6.64. The van der Waals surface area contributed by atoms with Crippen LogP contribution in [-0.4, -0.2) is 45.9 Å². The van der Waals surface area contributed by atoms with Crippen molar-refractivity contribution in [3.8, 4) is 22.8 Å². The third-order valence-corrected chi connectivity index (χ3v) is 4.75. The van der Waals surface area contributed by atoms with Crippen LogP contribution < -0.4 is 20.1 Å². The molecule has 170 valence electrons. The highest BCUT2D eigenvalue weighted by Gasteiger charge is 2.14. The van der Waals surface area contributed by atoms with E-state index in [1.165, 1.54) is 0 Å². The first-order valence-electron chi connectivity index (χ1n) is 10.4. The highest BCUT2D eigenvalue weighted by molar-refractivity contribution is 6.30. The summed E-state index contributed by atoms with van der Waals surface area (Å²) in [5.41, 5.74) is 1.36. The fraction of sp³-hybridized carbons (Fsp3) is 0.292. The molecule has 1 amide bonds. The van der Waals surface area contributed by atoms with E-state index in [1.807, 2.05) is 19.1 Å². The molecule has 0 spiro atoms. The second-order valence-electron chi connectivity index (χ2n) is 6.84. The Kier molecular flexibility index (Phi) is 8.98. The summed E-state index contributed by atoms with van der Waals surface area (Å²) < 4.78 is 22.3. The maximum atomic E-state index is 12.7. The molecule has 0 bridgehead atoms. The Morgan fingerprint density at radius 1 is 1.00 bits per heavy atom. The molecule has 0 saturated heterocycles. The van der Waals surface area contributed by atoms with Gasteiger partial charge in [0.2, 0.25) is 0 Å². The van der Waals surface area contributed by atoms with Crippen LogP contribution in [0.25, 0.3) is 11.3 Å². The maximum Gasteiger partial charge on any atom is 0.291 e. The first-order chi connectivity index (χ1) is 15.6. The summed E-state index contributed by atoms with van der Waals surface area (Å²) >= 11 is 5.92. The van der Waals surface area contributed by atoms with Crippen molar-refractivity contribution in [2.75, 3.05) is 45.3 Å². The Morgan fingerprint density at radius 3 is 2.53 bits per heavy atom. The minimum absolute atomic E-state index is 0.189. The third-order valence-electron chi connectivity index (χ3n) is 4.50. The van der Waals surface area contributed by atoms with Crippen LogP contribution in [0.3, 0.4) is 0 Å². The molecule has 2 N–H and O–H groups in total. The standard InChI is InChI=1S/C24H27ClN2O5/c1-3-26-10-11-30-12-13-31-21-15-19(14-20(16-21)29-2)27-24(28)23-9-8-22(32-23)17-4-6-18(25)7-5-17/h4-9,14-16,26H,3,10-13H2,1-2H3,(H,27,28). The monoisotopic (exact) mass is 458 g/mol. The number of carbonyl (C=O) groups is 1. The molecule has 1 heterocycles. The molecule has 2 aromatic carbocycles. The highest BCUT2D eigenvalue weighted by atomic mass is 35.5. The van der Waals surface area contributed by atoms with Gasteiger partial charge >= 0.3 is 0 Å². The predicted molar refractivity (Wildman–Crippen MR) is 125 cm³/mol. The molecule has 0 aliphatic carbocycles. The number of likely N-dealkylation sites (N-methyl/N-ethyl adjacent to an activating group) is 1. The molecule has 3 rings (SSSR count). The van der Waals surface area contributed by atoms with Crippen molar-refractivity contribution in [3.63, 3.8) is 0 Å². The number of amides is 1. The van der Waals surface area contributed by atoms with Gasteiger partial charge in [-0.2, -0.15) is 0 Å². The second-order valence-corrected chi connectivity index (χ2v) is 7.27. The van der Waals surface area contributed by atoms with Crippen molar-refractivity contribution >= 4 is 23.2 Å². The lowest BCUT2D eigenvalue weighted by molar-refractivity contribution is 0.0996. The Bertz CT molecular complexity index is 1000. The van der Waals surface area contributed by atoms with E-state index in [-0.39, 0.29) is 11.7 Å². The molecule has 1 aromatic heterocycles. The van der Waals surface area contributed by atoms with E-state index in [1.54, 1.807) is 49.6 Å². The zero-order valence-electron chi connectivity index (χ0n) is 18.2. The van der Waals surface area contributed by atoms with Crippen LogP contribution in [0.15, 0.2) is 59.0 Å². The molecule has 3 aromatic rings. The summed E-state index contributed by atoms with van der Waals surface area (Å²) in [7, 11) is 1.56. The van der Waals surface area contributed by atoms with Crippen molar-refractivity contribution in [1.82, 2.24) is 5.32 Å². The van der Waals surface area contributed by atoms with Gasteiger partial charge in [0, 0.05) is 41.0 Å². The number of halogens is 1. The molecule has 32 heavy (non-hydrogen) atoms. The topological polar surface area (TPSA) is 82.0 Å². The lowest BCUT2D eigenvalue weighted by atomic mass is 10.2. The molecule has 0 radical (unpaired) electrons. The Morgan fingerprint density at radius 2 is 1.78 bits per heavy atom. The molecule has 0 aliphatic rings. The number of anilines is 1. The highest BCUT2D eigenvalue weighted by Crippen LogP contribution is 2.28. The molecular weight excluding hydrogens is 432 g/mol. The van der Waals surface area contributed by atoms with E-state index < -0.39 is 0 Å². The van der Waals surface area contributed by atoms with Gasteiger partial charge in [-0.1, -0.05) is 18.5 Å². The minimum Gasteiger partial charge on any atom is -0.497 e. The number of hydrogen-bond donors (Lipinski definition) is 2. The number of methoxy groups -OCH3 is 1. The van der Waals surface area contributed by atoms with Crippen molar-refractivity contribution in [2.24, 2.45) is 0 Å². The van der Waals surface area contributed by atoms with Crippen molar-refractivity contribution in [2.45, 2.75) is 6.92 Å². The molecule has 8 heteroatoms. The smallest absolute Gasteiger partial charge is 0.291 e. The van der Waals surface area contributed by atoms with Crippen LogP contribution in [0.1, 0.15) is 17.5 Å². The number of furan rings is 1. The van der Waals surface area contributed by atoms with E-state index >= 15 is 0 Å². The van der Waals surface area contributed by atoms with Crippen LogP contribution >= 0.6 is 11.6 Å². The van der Waals surface area contributed by atoms with Gasteiger partial charge < -0.3 is 29.3 Å². The Hall–Kier alpha value is -3.00. The fourth-order valence-electron chi connectivity index (χ4n) is 2.91. The summed E-state index contributed by atoms with van der Waals surface area (Å²) in [6, 6.07) is 15.8. The van der Waals surface area contributed by atoms with E-state index in [0.29, 0.717) is 47.8 Å². The Balaban J connectivity index is 1.59. The fourth-order valence-corrected chi connectivity index (χ4v) is 3.03. The average Bonchev–Trinajstić information content (AvgIpc) is 3.29. The summed E-state index contributed by atoms with van der Waals surface area (Å²) in [4.78, 5) is 12.7. The normalized spacial score (nSPS) is 10.7. The summed E-state index contributed by atoms with van der Waals surface area (Å²) in [6.07, 6.45) is 0. The van der Waals surface area contributed by atoms with Gasteiger partial charge in [0.1, 0.15) is 23.9 Å². The summed E-state index contributed by atoms with van der Waals surface area (Å²) in [5.74, 6) is 1.52. The number of nitrogens with one attached hydrogen (secondary N) is 2. The first kappa shape index (κ1) is 23.7. The number of ether oxygens (including phenoxy) is 3. The Labute approximate surface area is 192 Å². The van der Waals surface area contributed by atoms with E-state index in [0.717, 1.165) is 18.7 Å². The molecule has 0 atom stereocenters. The number of hydrogen-bond acceptors (Lipinski definition) is 6. The van der Waals surface area contributed by atoms with Crippen molar-refractivity contribution in [1.29, 1.82) is 0 Å². The molecule has 0 aliphatic heterocycles. The molecule has 0 fully saturated rings. The van der Waals surface area contributed by atoms with Gasteiger partial charge in [0.05, 0.1) is 20.3 Å². The van der Waals surface area contributed by atoms with E-state index in [2.05, 4.69) is 10.6 Å². The van der Waals surface area contributed by atoms with E-state index in [9.17, 15) is 4.79 Å². The lowest BCUT2D eigenvalue weighted by Gasteiger charge is -2.12. The largest absolute Gasteiger partial charge is 0.497 e. The van der Waals surface area contributed by atoms with Crippen LogP contribution in [0.5, 0.6) is 11.5 Å². The van der Waals surface area contributed by atoms with Gasteiger partial charge in [-0.25, -0.2) is 0 Å². The van der Waals surface area contributed by atoms with Crippen LogP contribution in [0.4, 0.5) is 5.69 Å². The zero-order chi connectivity index (χ0) is 22.8. The van der Waals surface area contributed by atoms with Gasteiger partial charge in [-0.3, -0.25) is 4.79 Å². The first-order valence-corrected chi connectivity index (χ1v) is 10.7. The zero-order valence-corrected chi connectivity index (χ0v) is 18.9. The van der Waals surface area contributed by atoms with Crippen molar-refractivity contribution < 1.29 is 23.4 Å². The molecule has 0 unspecified atom stereocenters. The van der Waals surface area contributed by atoms with Gasteiger partial charge in [0.25, 0.3) is 5.91 Å². The summed E-state index contributed by atoms with van der Waals surface area (Å²) in [6.45, 7) is 5.24. The second kappa shape index (κ2) is 12.1. The maximum absolute atomic E-state index is 12.7. The number of rotatable bonds is 12. The third kappa shape index (κ3) is 7.02. The molecule has 7 nitrogen and oxygen atoms in total. The molecule has 0 saturated carbocycles. The van der Waals surface area contributed by atoms with Crippen molar-refractivity contribution in [3.05, 3.63) is 65.4 Å². The van der Waals surface area contributed by atoms with Gasteiger partial charge in [-0.05, 0) is 42.9 Å². The SMILES string of the molecule is CCNCCOCCOc1cc(NC(=O)c2ccc(-c3ccc(Cl)cc3)o2)cc(OC)c1. The average molecular weight is 459 g/mol. The van der Waals surface area contributed by atoms with Crippen LogP contribution in [0, 0.1) is 0 Å². The van der Waals surface area contributed by atoms with Gasteiger partial charge in [0.15, 0.2) is 5.76 Å². The predicted octanol–water partition coefficient (Wildman–Crippen LogP) is 4.87. The van der Waals surface area contributed by atoms with E-state index in [4.69, 9.17) is 30.2 Å².